The number of rotatable bonds is 2. The minimum atomic E-state index is -0.448. The predicted octanol–water partition coefficient (Wildman–Crippen LogP) is 1.27. The van der Waals surface area contributed by atoms with Crippen molar-refractivity contribution in [1.29, 1.82) is 0 Å². The molecule has 1 aromatic rings. The number of halogens is 1. The fraction of sp³-hybridized carbons (Fsp3) is 0.333. The van der Waals surface area contributed by atoms with Crippen molar-refractivity contribution in [1.82, 2.24) is 5.32 Å². The first-order chi connectivity index (χ1) is 8.65. The van der Waals surface area contributed by atoms with Crippen LogP contribution in [-0.2, 0) is 4.79 Å². The van der Waals surface area contributed by atoms with E-state index in [4.69, 9.17) is 9.94 Å². The molecule has 1 unspecified atom stereocenters. The summed E-state index contributed by atoms with van der Waals surface area (Å²) in [4.78, 5) is 11.2. The highest BCUT2D eigenvalue weighted by atomic mass is 19.1. The van der Waals surface area contributed by atoms with Crippen LogP contribution in [0.25, 0.3) is 0 Å². The van der Waals surface area contributed by atoms with E-state index >= 15 is 0 Å². The van der Waals surface area contributed by atoms with Gasteiger partial charge in [0.25, 0.3) is 0 Å². The first-order valence-corrected chi connectivity index (χ1v) is 5.46. The number of nitrogens with zero attached hydrogens (tertiary/aromatic N) is 1. The molecular formula is C12H13FN2O3. The van der Waals surface area contributed by atoms with E-state index in [1.165, 1.54) is 13.2 Å². The lowest BCUT2D eigenvalue weighted by Gasteiger charge is -2.24. The molecule has 0 radical (unpaired) electrons. The van der Waals surface area contributed by atoms with Gasteiger partial charge in [-0.3, -0.25) is 4.79 Å². The molecule has 18 heavy (non-hydrogen) atoms. The average Bonchev–Trinajstić information content (AvgIpc) is 2.39. The van der Waals surface area contributed by atoms with Crippen LogP contribution in [-0.4, -0.2) is 30.5 Å². The molecule has 0 spiro atoms. The molecule has 2 N–H and O–H groups in total. The molecule has 0 bridgehead atoms. The first kappa shape index (κ1) is 12.3. The van der Waals surface area contributed by atoms with Gasteiger partial charge in [-0.25, -0.2) is 4.39 Å². The Morgan fingerprint density at radius 1 is 1.56 bits per heavy atom. The number of piperidine rings is 1. The van der Waals surface area contributed by atoms with Gasteiger partial charge in [0.1, 0.15) is 11.6 Å². The first-order valence-electron chi connectivity index (χ1n) is 5.46. The van der Waals surface area contributed by atoms with Crippen LogP contribution in [0.2, 0.25) is 0 Å². The van der Waals surface area contributed by atoms with Crippen molar-refractivity contribution in [3.05, 3.63) is 29.6 Å². The maximum Gasteiger partial charge on any atom is 0.225 e. The van der Waals surface area contributed by atoms with E-state index in [1.807, 2.05) is 0 Å². The molecule has 1 aromatic carbocycles. The second-order valence-electron chi connectivity index (χ2n) is 4.01. The maximum atomic E-state index is 13.9. The molecule has 1 atom stereocenters. The van der Waals surface area contributed by atoms with Crippen molar-refractivity contribution in [2.75, 3.05) is 13.7 Å². The van der Waals surface area contributed by atoms with Crippen molar-refractivity contribution in [3.63, 3.8) is 0 Å². The smallest absolute Gasteiger partial charge is 0.225 e. The van der Waals surface area contributed by atoms with E-state index in [0.29, 0.717) is 11.3 Å². The lowest BCUT2D eigenvalue weighted by molar-refractivity contribution is -0.120. The topological polar surface area (TPSA) is 70.9 Å². The van der Waals surface area contributed by atoms with E-state index in [1.54, 1.807) is 12.1 Å². The molecule has 1 amide bonds. The van der Waals surface area contributed by atoms with Crippen LogP contribution in [0.5, 0.6) is 5.75 Å². The zero-order valence-corrected chi connectivity index (χ0v) is 9.81. The summed E-state index contributed by atoms with van der Waals surface area (Å²) in [6.45, 7) is 0.224. The van der Waals surface area contributed by atoms with E-state index in [0.717, 1.165) is 0 Å². The Hall–Kier alpha value is -2.11. The van der Waals surface area contributed by atoms with Crippen LogP contribution in [0.1, 0.15) is 17.9 Å². The van der Waals surface area contributed by atoms with Gasteiger partial charge in [-0.15, -0.1) is 0 Å². The molecule has 0 aromatic heterocycles. The molecule has 1 saturated heterocycles. The largest absolute Gasteiger partial charge is 0.497 e. The lowest BCUT2D eigenvalue weighted by atomic mass is 9.89. The minimum absolute atomic E-state index is 0.0212. The van der Waals surface area contributed by atoms with E-state index in [9.17, 15) is 9.18 Å². The van der Waals surface area contributed by atoms with Crippen molar-refractivity contribution >= 4 is 11.6 Å². The Morgan fingerprint density at radius 3 is 2.94 bits per heavy atom. The zero-order valence-electron chi connectivity index (χ0n) is 9.81. The number of nitrogens with one attached hydrogen (secondary N) is 1. The Kier molecular flexibility index (Phi) is 3.45. The Balaban J connectivity index is 2.33. The summed E-state index contributed by atoms with van der Waals surface area (Å²) in [5.41, 5.74) is 0.645. The standard InChI is InChI=1S/C12H13FN2O3/c1-18-7-2-3-8(10(13)4-7)9-6-14-12(16)5-11(9)15-17/h2-4,9,17H,5-6H2,1H3,(H,14,16)/b15-11+. The molecule has 1 aliphatic rings. The summed E-state index contributed by atoms with van der Waals surface area (Å²) in [5, 5.41) is 14.6. The summed E-state index contributed by atoms with van der Waals surface area (Å²) in [7, 11) is 1.45. The molecular weight excluding hydrogens is 239 g/mol. The van der Waals surface area contributed by atoms with Gasteiger partial charge in [0.15, 0.2) is 0 Å². The summed E-state index contributed by atoms with van der Waals surface area (Å²) in [6.07, 6.45) is -0.0212. The van der Waals surface area contributed by atoms with E-state index in [-0.39, 0.29) is 24.6 Å². The van der Waals surface area contributed by atoms with Gasteiger partial charge in [-0.1, -0.05) is 11.2 Å². The third-order valence-corrected chi connectivity index (χ3v) is 2.96. The van der Waals surface area contributed by atoms with Crippen LogP contribution in [0.3, 0.4) is 0 Å². The quantitative estimate of drug-likeness (QED) is 0.615. The summed E-state index contributed by atoms with van der Waals surface area (Å²) < 4.78 is 18.8. The lowest BCUT2D eigenvalue weighted by Crippen LogP contribution is -2.40. The van der Waals surface area contributed by atoms with Gasteiger partial charge in [0.2, 0.25) is 5.91 Å². The van der Waals surface area contributed by atoms with E-state index in [2.05, 4.69) is 10.5 Å². The van der Waals surface area contributed by atoms with Crippen molar-refractivity contribution in [2.45, 2.75) is 12.3 Å². The van der Waals surface area contributed by atoms with Gasteiger partial charge in [0.05, 0.1) is 19.2 Å². The van der Waals surface area contributed by atoms with Gasteiger partial charge in [-0.2, -0.15) is 0 Å². The van der Waals surface area contributed by atoms with Crippen LogP contribution in [0, 0.1) is 5.82 Å². The minimum Gasteiger partial charge on any atom is -0.497 e. The molecule has 1 aliphatic heterocycles. The fourth-order valence-corrected chi connectivity index (χ4v) is 2.00. The third-order valence-electron chi connectivity index (χ3n) is 2.96. The Bertz CT molecular complexity index is 502. The van der Waals surface area contributed by atoms with Gasteiger partial charge < -0.3 is 15.3 Å². The summed E-state index contributed by atoms with van der Waals surface area (Å²) in [6, 6.07) is 4.46. The van der Waals surface area contributed by atoms with Crippen LogP contribution >= 0.6 is 0 Å². The van der Waals surface area contributed by atoms with Crippen molar-refractivity contribution in [2.24, 2.45) is 5.16 Å². The highest BCUT2D eigenvalue weighted by Crippen LogP contribution is 2.26. The molecule has 5 nitrogen and oxygen atoms in total. The molecule has 6 heteroatoms. The molecule has 1 fully saturated rings. The number of ether oxygens (including phenoxy) is 1. The normalized spacial score (nSPS) is 21.8. The van der Waals surface area contributed by atoms with Crippen LogP contribution in [0.4, 0.5) is 4.39 Å². The van der Waals surface area contributed by atoms with Crippen molar-refractivity contribution in [3.8, 4) is 5.75 Å². The van der Waals surface area contributed by atoms with Gasteiger partial charge in [-0.05, 0) is 11.6 Å². The number of methoxy groups -OCH3 is 1. The summed E-state index contributed by atoms with van der Waals surface area (Å²) in [5.74, 6) is -0.707. The van der Waals surface area contributed by atoms with E-state index < -0.39 is 11.7 Å². The molecule has 0 saturated carbocycles. The number of carbonyl (C=O) groups excluding carboxylic acids is 1. The molecule has 2 rings (SSSR count). The summed E-state index contributed by atoms with van der Waals surface area (Å²) >= 11 is 0. The second kappa shape index (κ2) is 5.03. The number of hydrogen-bond donors (Lipinski definition) is 2. The number of amides is 1. The number of hydrogen-bond acceptors (Lipinski definition) is 4. The number of carbonyl (C=O) groups is 1. The monoisotopic (exact) mass is 252 g/mol. The molecule has 1 heterocycles. The average molecular weight is 252 g/mol. The highest BCUT2D eigenvalue weighted by molar-refractivity contribution is 6.06. The highest BCUT2D eigenvalue weighted by Gasteiger charge is 2.28. The number of oxime groups is 1. The van der Waals surface area contributed by atoms with Gasteiger partial charge >= 0.3 is 0 Å². The SMILES string of the molecule is COc1ccc(C2CNC(=O)C/C2=N\O)c(F)c1. The molecule has 96 valence electrons. The Morgan fingerprint density at radius 2 is 2.33 bits per heavy atom. The van der Waals surface area contributed by atoms with Crippen LogP contribution in [0.15, 0.2) is 23.4 Å². The Labute approximate surface area is 103 Å². The maximum absolute atomic E-state index is 13.9. The number of benzene rings is 1. The third kappa shape index (κ3) is 2.27. The molecule has 0 aliphatic carbocycles. The van der Waals surface area contributed by atoms with Crippen LogP contribution < -0.4 is 10.1 Å². The zero-order chi connectivity index (χ0) is 13.1. The predicted molar refractivity (Wildman–Crippen MR) is 62.5 cm³/mol. The fourth-order valence-electron chi connectivity index (χ4n) is 2.00. The van der Waals surface area contributed by atoms with Crippen molar-refractivity contribution < 1.29 is 19.1 Å². The second-order valence-corrected chi connectivity index (χ2v) is 4.01. The van der Waals surface area contributed by atoms with Gasteiger partial charge in [0, 0.05) is 18.5 Å².